The van der Waals surface area contributed by atoms with Crippen LogP contribution in [0.4, 0.5) is 0 Å². The first kappa shape index (κ1) is 15.6. The molecule has 0 bridgehead atoms. The van der Waals surface area contributed by atoms with Crippen LogP contribution in [0.1, 0.15) is 27.9 Å². The van der Waals surface area contributed by atoms with Gasteiger partial charge in [0.15, 0.2) is 0 Å². The first-order valence-electron chi connectivity index (χ1n) is 9.46. The highest BCUT2D eigenvalue weighted by atomic mass is 16.2. The maximum atomic E-state index is 13.0. The first-order chi connectivity index (χ1) is 12.8. The summed E-state index contributed by atoms with van der Waals surface area (Å²) in [6, 6.07) is 17.2. The normalized spacial score (nSPS) is 20.5. The molecule has 3 aromatic rings. The molecule has 0 spiro atoms. The number of para-hydroxylation sites is 1. The SMILES string of the molecule is O=C(c1c[nH]c2ccccc12)N1CC[C@@H](N2CCc3ccccc3C2)C1. The van der Waals surface area contributed by atoms with E-state index in [4.69, 9.17) is 0 Å². The van der Waals surface area contributed by atoms with E-state index in [0.29, 0.717) is 6.04 Å². The van der Waals surface area contributed by atoms with E-state index in [1.165, 1.54) is 11.1 Å². The van der Waals surface area contributed by atoms with Gasteiger partial charge < -0.3 is 9.88 Å². The van der Waals surface area contributed by atoms with Crippen LogP contribution >= 0.6 is 0 Å². The summed E-state index contributed by atoms with van der Waals surface area (Å²) < 4.78 is 0. The van der Waals surface area contributed by atoms with Gasteiger partial charge in [0.2, 0.25) is 0 Å². The lowest BCUT2D eigenvalue weighted by Gasteiger charge is -2.33. The predicted molar refractivity (Wildman–Crippen MR) is 103 cm³/mol. The monoisotopic (exact) mass is 345 g/mol. The fourth-order valence-electron chi connectivity index (χ4n) is 4.47. The van der Waals surface area contributed by atoms with E-state index in [-0.39, 0.29) is 5.91 Å². The van der Waals surface area contributed by atoms with E-state index in [9.17, 15) is 4.79 Å². The van der Waals surface area contributed by atoms with Crippen LogP contribution in [0, 0.1) is 0 Å². The molecular weight excluding hydrogens is 322 g/mol. The number of rotatable bonds is 2. The van der Waals surface area contributed by atoms with Crippen molar-refractivity contribution in [2.24, 2.45) is 0 Å². The van der Waals surface area contributed by atoms with Gasteiger partial charge >= 0.3 is 0 Å². The summed E-state index contributed by atoms with van der Waals surface area (Å²) in [7, 11) is 0. The molecule has 4 heteroatoms. The zero-order valence-corrected chi connectivity index (χ0v) is 14.8. The molecule has 3 heterocycles. The number of carbonyl (C=O) groups excluding carboxylic acids is 1. The summed E-state index contributed by atoms with van der Waals surface area (Å²) in [5.74, 6) is 0.155. The van der Waals surface area contributed by atoms with Gasteiger partial charge in [-0.15, -0.1) is 0 Å². The van der Waals surface area contributed by atoms with Gasteiger partial charge in [0, 0.05) is 49.3 Å². The van der Waals surface area contributed by atoms with E-state index < -0.39 is 0 Å². The van der Waals surface area contributed by atoms with Gasteiger partial charge in [-0.3, -0.25) is 9.69 Å². The Morgan fingerprint density at radius 1 is 1.00 bits per heavy atom. The maximum absolute atomic E-state index is 13.0. The van der Waals surface area contributed by atoms with Crippen molar-refractivity contribution in [3.05, 3.63) is 71.4 Å². The smallest absolute Gasteiger partial charge is 0.256 e. The van der Waals surface area contributed by atoms with Crippen LogP contribution in [0.5, 0.6) is 0 Å². The zero-order chi connectivity index (χ0) is 17.5. The van der Waals surface area contributed by atoms with Crippen molar-refractivity contribution in [2.45, 2.75) is 25.4 Å². The van der Waals surface area contributed by atoms with Crippen LogP contribution in [0.25, 0.3) is 10.9 Å². The second kappa shape index (κ2) is 6.29. The summed E-state index contributed by atoms with van der Waals surface area (Å²) in [6.45, 7) is 3.79. The molecule has 132 valence electrons. The molecular formula is C22H23N3O. The van der Waals surface area contributed by atoms with E-state index in [1.54, 1.807) is 0 Å². The Morgan fingerprint density at radius 2 is 1.81 bits per heavy atom. The fourth-order valence-corrected chi connectivity index (χ4v) is 4.47. The highest BCUT2D eigenvalue weighted by Gasteiger charge is 2.32. The van der Waals surface area contributed by atoms with E-state index in [2.05, 4.69) is 34.1 Å². The zero-order valence-electron chi connectivity index (χ0n) is 14.8. The van der Waals surface area contributed by atoms with Crippen LogP contribution in [-0.2, 0) is 13.0 Å². The molecule has 1 aromatic heterocycles. The molecule has 2 aliphatic heterocycles. The maximum Gasteiger partial charge on any atom is 0.256 e. The van der Waals surface area contributed by atoms with Crippen molar-refractivity contribution in [2.75, 3.05) is 19.6 Å². The number of carbonyl (C=O) groups is 1. The first-order valence-corrected chi connectivity index (χ1v) is 9.46. The highest BCUT2D eigenvalue weighted by Crippen LogP contribution is 2.26. The third-order valence-corrected chi connectivity index (χ3v) is 5.95. The van der Waals surface area contributed by atoms with Crippen molar-refractivity contribution in [1.29, 1.82) is 0 Å². The average Bonchev–Trinajstić information content (AvgIpc) is 3.34. The quantitative estimate of drug-likeness (QED) is 0.773. The number of amides is 1. The Labute approximate surface area is 153 Å². The molecule has 2 aliphatic rings. The molecule has 0 radical (unpaired) electrons. The van der Waals surface area contributed by atoms with Gasteiger partial charge in [0.25, 0.3) is 5.91 Å². The van der Waals surface area contributed by atoms with E-state index in [1.807, 2.05) is 35.4 Å². The largest absolute Gasteiger partial charge is 0.360 e. The number of fused-ring (bicyclic) bond motifs is 2. The van der Waals surface area contributed by atoms with Gasteiger partial charge in [-0.1, -0.05) is 42.5 Å². The van der Waals surface area contributed by atoms with Crippen LogP contribution < -0.4 is 0 Å². The standard InChI is InChI=1S/C22H23N3O/c26-22(20-13-23-21-8-4-3-7-19(20)21)25-12-10-18(15-25)24-11-9-16-5-1-2-6-17(16)14-24/h1-8,13,18,23H,9-12,14-15H2/t18-/m1/s1. The van der Waals surface area contributed by atoms with Crippen molar-refractivity contribution in [3.8, 4) is 0 Å². The molecule has 0 saturated carbocycles. The Bertz CT molecular complexity index is 961. The topological polar surface area (TPSA) is 39.3 Å². The van der Waals surface area contributed by atoms with E-state index >= 15 is 0 Å². The Balaban J connectivity index is 1.31. The molecule has 0 aliphatic carbocycles. The summed E-state index contributed by atoms with van der Waals surface area (Å²) in [5.41, 5.74) is 4.75. The van der Waals surface area contributed by atoms with Gasteiger partial charge in [-0.25, -0.2) is 0 Å². The van der Waals surface area contributed by atoms with Crippen LogP contribution in [0.3, 0.4) is 0 Å². The predicted octanol–water partition coefficient (Wildman–Crippen LogP) is 3.44. The molecule has 26 heavy (non-hydrogen) atoms. The number of nitrogens with zero attached hydrogens (tertiary/aromatic N) is 2. The third kappa shape index (κ3) is 2.61. The number of H-pyrrole nitrogens is 1. The highest BCUT2D eigenvalue weighted by molar-refractivity contribution is 6.06. The molecule has 2 aromatic carbocycles. The molecule has 0 unspecified atom stereocenters. The minimum Gasteiger partial charge on any atom is -0.360 e. The number of aromatic amines is 1. The minimum absolute atomic E-state index is 0.155. The second-order valence-corrected chi connectivity index (χ2v) is 7.43. The summed E-state index contributed by atoms with van der Waals surface area (Å²) in [5, 5.41) is 1.02. The number of aromatic nitrogens is 1. The third-order valence-electron chi connectivity index (χ3n) is 5.95. The lowest BCUT2D eigenvalue weighted by molar-refractivity contribution is 0.0775. The van der Waals surface area contributed by atoms with Crippen LogP contribution in [0.15, 0.2) is 54.7 Å². The van der Waals surface area contributed by atoms with Crippen molar-refractivity contribution >= 4 is 16.8 Å². The molecule has 1 atom stereocenters. The molecule has 4 nitrogen and oxygen atoms in total. The van der Waals surface area contributed by atoms with E-state index in [0.717, 1.165) is 55.5 Å². The number of nitrogens with one attached hydrogen (secondary N) is 1. The van der Waals surface area contributed by atoms with Crippen molar-refractivity contribution in [3.63, 3.8) is 0 Å². The van der Waals surface area contributed by atoms with Gasteiger partial charge in [-0.2, -0.15) is 0 Å². The Hall–Kier alpha value is -2.59. The second-order valence-electron chi connectivity index (χ2n) is 7.43. The van der Waals surface area contributed by atoms with Gasteiger partial charge in [-0.05, 0) is 30.0 Å². The van der Waals surface area contributed by atoms with Crippen molar-refractivity contribution in [1.82, 2.24) is 14.8 Å². The summed E-state index contributed by atoms with van der Waals surface area (Å²) >= 11 is 0. The van der Waals surface area contributed by atoms with Crippen LogP contribution in [-0.4, -0.2) is 46.4 Å². The fraction of sp³-hybridized carbons (Fsp3) is 0.318. The van der Waals surface area contributed by atoms with Gasteiger partial charge in [0.1, 0.15) is 0 Å². The van der Waals surface area contributed by atoms with Gasteiger partial charge in [0.05, 0.1) is 5.56 Å². The molecule has 1 saturated heterocycles. The number of hydrogen-bond acceptors (Lipinski definition) is 2. The number of likely N-dealkylation sites (tertiary alicyclic amines) is 1. The Kier molecular flexibility index (Phi) is 3.79. The summed E-state index contributed by atoms with van der Waals surface area (Å²) in [6.07, 6.45) is 4.04. The lowest BCUT2D eigenvalue weighted by Crippen LogP contribution is -2.41. The molecule has 1 fully saturated rings. The average molecular weight is 345 g/mol. The lowest BCUT2D eigenvalue weighted by atomic mass is 9.98. The van der Waals surface area contributed by atoms with Crippen molar-refractivity contribution < 1.29 is 4.79 Å². The summed E-state index contributed by atoms with van der Waals surface area (Å²) in [4.78, 5) is 20.8. The molecule has 1 N–H and O–H groups in total. The minimum atomic E-state index is 0.155. The molecule has 5 rings (SSSR count). The number of hydrogen-bond donors (Lipinski definition) is 1. The Morgan fingerprint density at radius 3 is 2.73 bits per heavy atom. The molecule has 1 amide bonds. The van der Waals surface area contributed by atoms with Crippen LogP contribution in [0.2, 0.25) is 0 Å². The number of benzene rings is 2.